The molecule has 1 N–H and O–H groups in total. The maximum absolute atomic E-state index is 12.7. The highest BCUT2D eigenvalue weighted by atomic mass is 32.2. The van der Waals surface area contributed by atoms with Gasteiger partial charge in [-0.2, -0.15) is 0 Å². The molecular weight excluding hydrogens is 404 g/mol. The van der Waals surface area contributed by atoms with Gasteiger partial charge in [0.25, 0.3) is 0 Å². The van der Waals surface area contributed by atoms with Crippen LogP contribution in [0.2, 0.25) is 0 Å². The van der Waals surface area contributed by atoms with E-state index in [1.54, 1.807) is 0 Å². The van der Waals surface area contributed by atoms with Gasteiger partial charge < -0.3 is 18.9 Å². The third-order valence-electron chi connectivity index (χ3n) is 6.74. The van der Waals surface area contributed by atoms with Gasteiger partial charge in [-0.25, -0.2) is 13.1 Å². The molecule has 0 bridgehead atoms. The summed E-state index contributed by atoms with van der Waals surface area (Å²) in [6, 6.07) is -1.18. The SMILES string of the molecule is [B]C1CC(NS(=O)(=O)CCC2OC([B])CC2OC2CCC2)C(CCOC2CCC2)O1. The number of ether oxygens (including phenoxy) is 4. The fraction of sp³-hybridized carbons (Fsp3) is 1.00. The van der Waals surface area contributed by atoms with E-state index in [0.717, 1.165) is 25.7 Å². The van der Waals surface area contributed by atoms with Gasteiger partial charge in [0.15, 0.2) is 0 Å². The number of nitrogens with one attached hydrogen (secondary N) is 1. The topological polar surface area (TPSA) is 83.1 Å². The molecule has 4 aliphatic rings. The van der Waals surface area contributed by atoms with Crippen molar-refractivity contribution in [3.05, 3.63) is 0 Å². The molecule has 4 fully saturated rings. The highest BCUT2D eigenvalue weighted by Gasteiger charge is 2.38. The smallest absolute Gasteiger partial charge is 0.212 e. The molecule has 2 heterocycles. The van der Waals surface area contributed by atoms with E-state index >= 15 is 0 Å². The van der Waals surface area contributed by atoms with Crippen molar-refractivity contribution in [2.45, 2.75) is 113 Å². The summed E-state index contributed by atoms with van der Waals surface area (Å²) in [5.41, 5.74) is 0. The second-order valence-corrected chi connectivity index (χ2v) is 11.0. The lowest BCUT2D eigenvalue weighted by atomic mass is 9.93. The van der Waals surface area contributed by atoms with Crippen LogP contribution in [0, 0.1) is 0 Å². The number of hydrogen-bond donors (Lipinski definition) is 1. The van der Waals surface area contributed by atoms with Gasteiger partial charge >= 0.3 is 0 Å². The quantitative estimate of drug-likeness (QED) is 0.489. The Balaban J connectivity index is 1.23. The molecule has 0 aromatic carbocycles. The van der Waals surface area contributed by atoms with Gasteiger partial charge in [0.2, 0.25) is 10.0 Å². The van der Waals surface area contributed by atoms with Crippen molar-refractivity contribution in [1.82, 2.24) is 4.72 Å². The maximum Gasteiger partial charge on any atom is 0.212 e. The highest BCUT2D eigenvalue weighted by molar-refractivity contribution is 7.89. The first kappa shape index (κ1) is 23.1. The van der Waals surface area contributed by atoms with E-state index in [-0.39, 0.29) is 36.2 Å². The summed E-state index contributed by atoms with van der Waals surface area (Å²) in [4.78, 5) is 0. The van der Waals surface area contributed by atoms with E-state index in [0.29, 0.717) is 38.4 Å². The Kier molecular flexibility index (Phi) is 7.85. The minimum absolute atomic E-state index is 0.0358. The lowest BCUT2D eigenvalue weighted by molar-refractivity contribution is -0.0803. The van der Waals surface area contributed by atoms with Crippen LogP contribution in [0.25, 0.3) is 0 Å². The molecule has 166 valence electrons. The summed E-state index contributed by atoms with van der Waals surface area (Å²) in [6.45, 7) is 0.564. The first-order valence-corrected chi connectivity index (χ1v) is 13.1. The Labute approximate surface area is 183 Å². The van der Waals surface area contributed by atoms with Crippen molar-refractivity contribution in [1.29, 1.82) is 0 Å². The molecule has 4 rings (SSSR count). The molecule has 6 atom stereocenters. The molecule has 30 heavy (non-hydrogen) atoms. The first-order chi connectivity index (χ1) is 14.4. The molecule has 2 saturated heterocycles. The van der Waals surface area contributed by atoms with E-state index in [1.165, 1.54) is 12.8 Å². The van der Waals surface area contributed by atoms with Crippen LogP contribution in [-0.4, -0.2) is 85.0 Å². The van der Waals surface area contributed by atoms with Crippen LogP contribution in [0.3, 0.4) is 0 Å². The number of hydrogen-bond acceptors (Lipinski definition) is 6. The van der Waals surface area contributed by atoms with Gasteiger partial charge in [-0.15, -0.1) is 0 Å². The molecule has 0 amide bonds. The van der Waals surface area contributed by atoms with Crippen molar-refractivity contribution >= 4 is 25.7 Å². The second-order valence-electron chi connectivity index (χ2n) is 9.17. The zero-order valence-corrected chi connectivity index (χ0v) is 18.4. The molecule has 4 radical (unpaired) electrons. The van der Waals surface area contributed by atoms with Crippen molar-refractivity contribution < 1.29 is 27.4 Å². The Hall–Kier alpha value is -0.120. The normalized spacial score (nSPS) is 37.9. The summed E-state index contributed by atoms with van der Waals surface area (Å²) in [5, 5.41) is 0. The minimum Gasteiger partial charge on any atom is -0.383 e. The Bertz CT molecular complexity index is 660. The lowest BCUT2D eigenvalue weighted by Gasteiger charge is -2.31. The standard InChI is InChI=1S/C20H33B2NO6S/c21-19-11-15(16(28-19)7-9-26-13-3-1-4-13)23-30(24,25)10-8-17-18(12-20(22)29-17)27-14-5-2-6-14/h13-20,23H,1-12H2. The zero-order valence-electron chi connectivity index (χ0n) is 17.6. The van der Waals surface area contributed by atoms with Crippen LogP contribution in [0.5, 0.6) is 0 Å². The predicted octanol–water partition coefficient (Wildman–Crippen LogP) is 1.13. The molecule has 0 aromatic heterocycles. The Morgan fingerprint density at radius 3 is 2.23 bits per heavy atom. The summed E-state index contributed by atoms with van der Waals surface area (Å²) < 4.78 is 51.6. The van der Waals surface area contributed by atoms with Crippen LogP contribution in [0.4, 0.5) is 0 Å². The zero-order chi connectivity index (χ0) is 21.1. The minimum atomic E-state index is -3.51. The molecule has 7 nitrogen and oxygen atoms in total. The van der Waals surface area contributed by atoms with Gasteiger partial charge in [-0.05, 0) is 64.2 Å². The van der Waals surface area contributed by atoms with Gasteiger partial charge in [-0.1, -0.05) is 0 Å². The predicted molar refractivity (Wildman–Crippen MR) is 114 cm³/mol. The average molecular weight is 437 g/mol. The third kappa shape index (κ3) is 6.23. The van der Waals surface area contributed by atoms with E-state index in [9.17, 15) is 8.42 Å². The van der Waals surface area contributed by atoms with Crippen LogP contribution in [0.1, 0.15) is 64.2 Å². The highest BCUT2D eigenvalue weighted by Crippen LogP contribution is 2.31. The largest absolute Gasteiger partial charge is 0.383 e. The van der Waals surface area contributed by atoms with Gasteiger partial charge in [0, 0.05) is 24.7 Å². The van der Waals surface area contributed by atoms with Crippen LogP contribution in [-0.2, 0) is 29.0 Å². The van der Waals surface area contributed by atoms with Crippen LogP contribution < -0.4 is 4.72 Å². The maximum atomic E-state index is 12.7. The molecule has 10 heteroatoms. The Morgan fingerprint density at radius 2 is 1.57 bits per heavy atom. The van der Waals surface area contributed by atoms with Crippen LogP contribution >= 0.6 is 0 Å². The van der Waals surface area contributed by atoms with Crippen molar-refractivity contribution in [2.24, 2.45) is 0 Å². The van der Waals surface area contributed by atoms with Gasteiger partial charge in [0.1, 0.15) is 15.7 Å². The molecule has 2 saturated carbocycles. The number of rotatable bonds is 11. The van der Waals surface area contributed by atoms with Gasteiger partial charge in [0.05, 0.1) is 36.3 Å². The van der Waals surface area contributed by atoms with Crippen molar-refractivity contribution in [2.75, 3.05) is 12.4 Å². The molecule has 0 aromatic rings. The summed E-state index contributed by atoms with van der Waals surface area (Å²) in [7, 11) is 8.35. The fourth-order valence-corrected chi connectivity index (χ4v) is 5.89. The Morgan fingerprint density at radius 1 is 0.900 bits per heavy atom. The molecule has 6 unspecified atom stereocenters. The van der Waals surface area contributed by atoms with Gasteiger partial charge in [-0.3, -0.25) is 0 Å². The third-order valence-corrected chi connectivity index (χ3v) is 8.18. The summed E-state index contributed by atoms with van der Waals surface area (Å²) in [5.74, 6) is -0.0358. The summed E-state index contributed by atoms with van der Waals surface area (Å²) >= 11 is 0. The second kappa shape index (κ2) is 10.2. The van der Waals surface area contributed by atoms with Crippen molar-refractivity contribution in [3.63, 3.8) is 0 Å². The number of sulfonamides is 1. The monoisotopic (exact) mass is 437 g/mol. The average Bonchev–Trinajstić information content (AvgIpc) is 3.13. The molecule has 2 aliphatic heterocycles. The fourth-order valence-electron chi connectivity index (χ4n) is 4.52. The van der Waals surface area contributed by atoms with E-state index < -0.39 is 22.0 Å². The lowest BCUT2D eigenvalue weighted by Crippen LogP contribution is -2.43. The first-order valence-electron chi connectivity index (χ1n) is 11.5. The van der Waals surface area contributed by atoms with Crippen molar-refractivity contribution in [3.8, 4) is 0 Å². The summed E-state index contributed by atoms with van der Waals surface area (Å²) in [6.07, 6.45) is 8.76. The molecule has 2 aliphatic carbocycles. The molecular formula is C20H33B2NO6S. The van der Waals surface area contributed by atoms with Crippen LogP contribution in [0.15, 0.2) is 0 Å². The van der Waals surface area contributed by atoms with E-state index in [1.807, 2.05) is 0 Å². The molecule has 0 spiro atoms. The van der Waals surface area contributed by atoms with E-state index in [4.69, 9.17) is 34.6 Å². The van der Waals surface area contributed by atoms with E-state index in [2.05, 4.69) is 4.72 Å².